The number of hydrogen-bond donors (Lipinski definition) is 2. The Hall–Kier alpha value is -0.680. The first-order valence-electron chi connectivity index (χ1n) is 7.57. The Morgan fingerprint density at radius 1 is 1.48 bits per heavy atom. The van der Waals surface area contributed by atoms with Gasteiger partial charge in [-0.3, -0.25) is 0 Å². The molecule has 116 valence electrons. The smallest absolute Gasteiger partial charge is 0.145 e. The molecule has 0 saturated carbocycles. The highest BCUT2D eigenvalue weighted by molar-refractivity contribution is 6.30. The van der Waals surface area contributed by atoms with E-state index >= 15 is 0 Å². The third-order valence-electron chi connectivity index (χ3n) is 5.13. The molecule has 21 heavy (non-hydrogen) atoms. The molecule has 1 aromatic rings. The fourth-order valence-corrected chi connectivity index (χ4v) is 3.67. The summed E-state index contributed by atoms with van der Waals surface area (Å²) in [6, 6.07) is 5.26. The van der Waals surface area contributed by atoms with Gasteiger partial charge >= 0.3 is 0 Å². The summed E-state index contributed by atoms with van der Waals surface area (Å²) in [4.78, 5) is 0. The summed E-state index contributed by atoms with van der Waals surface area (Å²) in [5, 5.41) is 3.64. The van der Waals surface area contributed by atoms with Gasteiger partial charge in [-0.05, 0) is 24.5 Å². The van der Waals surface area contributed by atoms with Crippen LogP contribution in [-0.2, 0) is 4.74 Å². The normalized spacial score (nSPS) is 31.1. The van der Waals surface area contributed by atoms with E-state index in [0.717, 1.165) is 26.1 Å². The van der Waals surface area contributed by atoms with Gasteiger partial charge < -0.3 is 15.8 Å². The largest absolute Gasteiger partial charge is 0.380 e. The lowest BCUT2D eigenvalue weighted by Gasteiger charge is -2.43. The van der Waals surface area contributed by atoms with Gasteiger partial charge in [-0.2, -0.15) is 0 Å². The first-order valence-corrected chi connectivity index (χ1v) is 7.95. The molecule has 5 heteroatoms. The van der Waals surface area contributed by atoms with Crippen LogP contribution in [0.15, 0.2) is 18.2 Å². The van der Waals surface area contributed by atoms with Crippen molar-refractivity contribution in [2.75, 3.05) is 19.8 Å². The highest BCUT2D eigenvalue weighted by atomic mass is 35.5. The van der Waals surface area contributed by atoms with Gasteiger partial charge in [0.05, 0.1) is 18.2 Å². The van der Waals surface area contributed by atoms with E-state index < -0.39 is 0 Å². The van der Waals surface area contributed by atoms with Crippen LogP contribution in [-0.4, -0.2) is 31.8 Å². The number of rotatable bonds is 4. The van der Waals surface area contributed by atoms with Gasteiger partial charge in [-0.15, -0.1) is 0 Å². The number of ether oxygens (including phenoxy) is 1. The summed E-state index contributed by atoms with van der Waals surface area (Å²) in [7, 11) is 0. The van der Waals surface area contributed by atoms with Crippen molar-refractivity contribution in [1.29, 1.82) is 0 Å². The molecule has 2 heterocycles. The van der Waals surface area contributed by atoms with Crippen LogP contribution in [0.25, 0.3) is 0 Å². The number of nitrogens with two attached hydrogens (primary N) is 1. The Morgan fingerprint density at radius 2 is 2.24 bits per heavy atom. The molecular weight excluding hydrogens is 291 g/mol. The Labute approximate surface area is 130 Å². The highest BCUT2D eigenvalue weighted by Crippen LogP contribution is 2.39. The molecule has 2 aliphatic heterocycles. The molecule has 2 fully saturated rings. The van der Waals surface area contributed by atoms with Gasteiger partial charge in [0.15, 0.2) is 0 Å². The molecule has 0 spiro atoms. The average molecular weight is 313 g/mol. The molecule has 3 rings (SSSR count). The van der Waals surface area contributed by atoms with Crippen molar-refractivity contribution in [1.82, 2.24) is 5.32 Å². The average Bonchev–Trinajstić information content (AvgIpc) is 2.78. The van der Waals surface area contributed by atoms with E-state index in [1.807, 2.05) is 0 Å². The summed E-state index contributed by atoms with van der Waals surface area (Å²) in [6.45, 7) is 4.51. The Kier molecular flexibility index (Phi) is 4.23. The number of nitrogens with one attached hydrogen (secondary N) is 1. The molecule has 3 unspecified atom stereocenters. The number of benzene rings is 1. The van der Waals surface area contributed by atoms with E-state index in [-0.39, 0.29) is 34.3 Å². The lowest BCUT2D eigenvalue weighted by atomic mass is 9.75. The Bertz CT molecular complexity index is 515. The number of halogens is 2. The lowest BCUT2D eigenvalue weighted by Crippen LogP contribution is -2.49. The predicted octanol–water partition coefficient (Wildman–Crippen LogP) is 2.68. The molecule has 3 atom stereocenters. The maximum Gasteiger partial charge on any atom is 0.145 e. The van der Waals surface area contributed by atoms with Crippen molar-refractivity contribution < 1.29 is 9.13 Å². The van der Waals surface area contributed by atoms with Crippen LogP contribution in [0, 0.1) is 11.2 Å². The van der Waals surface area contributed by atoms with Crippen molar-refractivity contribution in [3.05, 3.63) is 34.6 Å². The second-order valence-corrected chi connectivity index (χ2v) is 6.80. The molecule has 0 bridgehead atoms. The summed E-state index contributed by atoms with van der Waals surface area (Å²) >= 11 is 5.88. The minimum Gasteiger partial charge on any atom is -0.380 e. The summed E-state index contributed by atoms with van der Waals surface area (Å²) in [6.07, 6.45) is 2.08. The Balaban J connectivity index is 1.74. The van der Waals surface area contributed by atoms with Crippen LogP contribution in [0.1, 0.15) is 31.2 Å². The molecule has 0 radical (unpaired) electrons. The monoisotopic (exact) mass is 312 g/mol. The van der Waals surface area contributed by atoms with Crippen molar-refractivity contribution in [2.45, 2.75) is 37.8 Å². The molecule has 0 aliphatic carbocycles. The topological polar surface area (TPSA) is 47.3 Å². The lowest BCUT2D eigenvalue weighted by molar-refractivity contribution is -0.123. The van der Waals surface area contributed by atoms with E-state index in [4.69, 9.17) is 22.1 Å². The first kappa shape index (κ1) is 15.2. The molecule has 3 nitrogen and oxygen atoms in total. The van der Waals surface area contributed by atoms with Crippen molar-refractivity contribution in [2.24, 2.45) is 11.1 Å². The van der Waals surface area contributed by atoms with Gasteiger partial charge in [-0.1, -0.05) is 30.7 Å². The second kappa shape index (κ2) is 5.84. The minimum atomic E-state index is -0.334. The van der Waals surface area contributed by atoms with Crippen LogP contribution in [0.2, 0.25) is 5.02 Å². The van der Waals surface area contributed by atoms with Gasteiger partial charge in [0.2, 0.25) is 0 Å². The fourth-order valence-electron chi connectivity index (χ4n) is 3.49. The van der Waals surface area contributed by atoms with Gasteiger partial charge in [0.25, 0.3) is 0 Å². The molecule has 2 saturated heterocycles. The third-order valence-corrected chi connectivity index (χ3v) is 5.42. The van der Waals surface area contributed by atoms with E-state index in [9.17, 15) is 4.39 Å². The molecule has 3 N–H and O–H groups in total. The molecule has 0 aromatic heterocycles. The van der Waals surface area contributed by atoms with Crippen LogP contribution in [0.3, 0.4) is 0 Å². The molecule has 0 amide bonds. The van der Waals surface area contributed by atoms with Crippen LogP contribution in [0.5, 0.6) is 0 Å². The third kappa shape index (κ3) is 2.70. The molecule has 2 aliphatic rings. The Morgan fingerprint density at radius 3 is 2.86 bits per heavy atom. The summed E-state index contributed by atoms with van der Waals surface area (Å²) < 4.78 is 19.6. The van der Waals surface area contributed by atoms with E-state index in [1.165, 1.54) is 0 Å². The predicted molar refractivity (Wildman–Crippen MR) is 82.1 cm³/mol. The molecule has 1 aromatic carbocycles. The van der Waals surface area contributed by atoms with Crippen LogP contribution in [0.4, 0.5) is 4.39 Å². The zero-order chi connectivity index (χ0) is 15.0. The maximum atomic E-state index is 14.2. The first-order chi connectivity index (χ1) is 10.1. The summed E-state index contributed by atoms with van der Waals surface area (Å²) in [5.74, 6) is -0.358. The summed E-state index contributed by atoms with van der Waals surface area (Å²) in [5.41, 5.74) is 7.27. The quantitative estimate of drug-likeness (QED) is 0.898. The standard InChI is InChI=1S/C16H22ClFN2O/c1-2-16(8-21-9-16)6-13-15(19)11(7-20-13)10-4-3-5-12(17)14(10)18/h3-5,11,13,15,20H,2,6-9,19H2,1H3. The second-order valence-electron chi connectivity index (χ2n) is 6.39. The van der Waals surface area contributed by atoms with Crippen molar-refractivity contribution in [3.63, 3.8) is 0 Å². The minimum absolute atomic E-state index is 0.0244. The van der Waals surface area contributed by atoms with Crippen molar-refractivity contribution >= 4 is 11.6 Å². The highest BCUT2D eigenvalue weighted by Gasteiger charge is 2.44. The maximum absolute atomic E-state index is 14.2. The van der Waals surface area contributed by atoms with Crippen molar-refractivity contribution in [3.8, 4) is 0 Å². The molecular formula is C16H22ClFN2O. The fraction of sp³-hybridized carbons (Fsp3) is 0.625. The van der Waals surface area contributed by atoms with E-state index in [1.54, 1.807) is 18.2 Å². The van der Waals surface area contributed by atoms with Gasteiger partial charge in [0.1, 0.15) is 5.82 Å². The zero-order valence-corrected chi connectivity index (χ0v) is 13.0. The SMILES string of the molecule is CCC1(CC2NCC(c3cccc(Cl)c3F)C2N)COC1. The van der Waals surface area contributed by atoms with Gasteiger partial charge in [-0.25, -0.2) is 4.39 Å². The van der Waals surface area contributed by atoms with Crippen LogP contribution >= 0.6 is 11.6 Å². The van der Waals surface area contributed by atoms with E-state index in [2.05, 4.69) is 12.2 Å². The number of hydrogen-bond acceptors (Lipinski definition) is 3. The van der Waals surface area contributed by atoms with E-state index in [0.29, 0.717) is 12.1 Å². The van der Waals surface area contributed by atoms with Gasteiger partial charge in [0, 0.05) is 30.0 Å². The zero-order valence-electron chi connectivity index (χ0n) is 12.2. The van der Waals surface area contributed by atoms with Crippen LogP contribution < -0.4 is 11.1 Å².